The fraction of sp³-hybridized carbons (Fsp3) is 0.429. The van der Waals surface area contributed by atoms with Gasteiger partial charge >= 0.3 is 0 Å². The summed E-state index contributed by atoms with van der Waals surface area (Å²) in [5, 5.41) is 16.6. The molecule has 0 aliphatic carbocycles. The van der Waals surface area contributed by atoms with Gasteiger partial charge in [-0.05, 0) is 37.7 Å². The van der Waals surface area contributed by atoms with Gasteiger partial charge in [-0.3, -0.25) is 4.79 Å². The number of amides is 1. The average Bonchev–Trinajstić information content (AvgIpc) is 3.28. The zero-order valence-electron chi connectivity index (χ0n) is 17.7. The van der Waals surface area contributed by atoms with Gasteiger partial charge in [0, 0.05) is 19.5 Å². The molecule has 1 amide bonds. The number of halogens is 1. The van der Waals surface area contributed by atoms with Crippen molar-refractivity contribution in [3.8, 4) is 5.69 Å². The molecule has 0 unspecified atom stereocenters. The van der Waals surface area contributed by atoms with Crippen LogP contribution in [0.5, 0.6) is 0 Å². The van der Waals surface area contributed by atoms with E-state index < -0.39 is 0 Å². The number of carbonyl (C=O) groups is 1. The second kappa shape index (κ2) is 9.88. The third-order valence-electron chi connectivity index (χ3n) is 4.72. The largest absolute Gasteiger partial charge is 0.352 e. The van der Waals surface area contributed by atoms with Crippen molar-refractivity contribution in [1.29, 1.82) is 0 Å². The Morgan fingerprint density at radius 1 is 1.27 bits per heavy atom. The van der Waals surface area contributed by atoms with Gasteiger partial charge in [0.15, 0.2) is 5.16 Å². The number of hydrogen-bond acceptors (Lipinski definition) is 5. The molecule has 0 atom stereocenters. The molecule has 2 aromatic heterocycles. The Morgan fingerprint density at radius 3 is 2.73 bits per heavy atom. The van der Waals surface area contributed by atoms with Gasteiger partial charge in [-0.15, -0.1) is 10.2 Å². The zero-order chi connectivity index (χ0) is 21.7. The summed E-state index contributed by atoms with van der Waals surface area (Å²) >= 11 is 1.59. The Morgan fingerprint density at radius 2 is 2.03 bits per heavy atom. The number of benzene rings is 1. The standard InChI is InChI=1S/C21H27FN6OS/c1-14(2)13-27-19(25-26-21(27)30-4)10-7-11-23-20(29)16-12-24-28(15(16)3)18-9-6-5-8-17(18)22/h5-6,8-9,12,14H,7,10-11,13H2,1-4H3,(H,23,29). The monoisotopic (exact) mass is 430 g/mol. The number of nitrogens with one attached hydrogen (secondary N) is 1. The molecule has 30 heavy (non-hydrogen) atoms. The Balaban J connectivity index is 1.59. The van der Waals surface area contributed by atoms with E-state index in [4.69, 9.17) is 0 Å². The van der Waals surface area contributed by atoms with Crippen molar-refractivity contribution >= 4 is 17.7 Å². The number of para-hydroxylation sites is 1. The molecule has 7 nitrogen and oxygen atoms in total. The number of aromatic nitrogens is 5. The maximum atomic E-state index is 14.0. The summed E-state index contributed by atoms with van der Waals surface area (Å²) in [7, 11) is 0. The van der Waals surface area contributed by atoms with Crippen LogP contribution < -0.4 is 5.32 Å². The van der Waals surface area contributed by atoms with Crippen LogP contribution in [-0.4, -0.2) is 43.3 Å². The van der Waals surface area contributed by atoms with Gasteiger partial charge in [0.1, 0.15) is 17.3 Å². The quantitative estimate of drug-likeness (QED) is 0.414. The molecule has 0 bridgehead atoms. The summed E-state index contributed by atoms with van der Waals surface area (Å²) in [6, 6.07) is 6.36. The van der Waals surface area contributed by atoms with E-state index in [1.807, 2.05) is 6.26 Å². The number of rotatable bonds is 9. The zero-order valence-corrected chi connectivity index (χ0v) is 18.5. The van der Waals surface area contributed by atoms with Crippen LogP contribution in [0.2, 0.25) is 0 Å². The normalized spacial score (nSPS) is 11.3. The highest BCUT2D eigenvalue weighted by Gasteiger charge is 2.17. The molecule has 3 aromatic rings. The van der Waals surface area contributed by atoms with Gasteiger partial charge in [-0.1, -0.05) is 37.7 Å². The summed E-state index contributed by atoms with van der Waals surface area (Å²) < 4.78 is 17.6. The SMILES string of the molecule is CSc1nnc(CCCNC(=O)c2cnn(-c3ccccc3F)c2C)n1CC(C)C. The minimum atomic E-state index is -0.384. The minimum Gasteiger partial charge on any atom is -0.352 e. The van der Waals surface area contributed by atoms with Crippen molar-refractivity contribution in [2.24, 2.45) is 5.92 Å². The Labute approximate surface area is 180 Å². The van der Waals surface area contributed by atoms with Crippen LogP contribution in [0.4, 0.5) is 4.39 Å². The topological polar surface area (TPSA) is 77.6 Å². The van der Waals surface area contributed by atoms with Crippen LogP contribution in [0, 0.1) is 18.7 Å². The lowest BCUT2D eigenvalue weighted by molar-refractivity contribution is 0.0952. The van der Waals surface area contributed by atoms with Crippen molar-refractivity contribution in [2.45, 2.75) is 45.3 Å². The molecule has 2 heterocycles. The molecule has 1 N–H and O–H groups in total. The summed E-state index contributed by atoms with van der Waals surface area (Å²) in [4.78, 5) is 12.6. The lowest BCUT2D eigenvalue weighted by Crippen LogP contribution is -2.25. The molecule has 0 fully saturated rings. The fourth-order valence-electron chi connectivity index (χ4n) is 3.25. The molecule has 0 spiro atoms. The van der Waals surface area contributed by atoms with Gasteiger partial charge in [0.05, 0.1) is 17.5 Å². The maximum Gasteiger partial charge on any atom is 0.254 e. The summed E-state index contributed by atoms with van der Waals surface area (Å²) in [5.74, 6) is 0.833. The third-order valence-corrected chi connectivity index (χ3v) is 5.39. The van der Waals surface area contributed by atoms with E-state index in [1.54, 1.807) is 36.9 Å². The van der Waals surface area contributed by atoms with E-state index in [-0.39, 0.29) is 11.7 Å². The molecule has 0 aliphatic rings. The van der Waals surface area contributed by atoms with Gasteiger partial charge in [0.2, 0.25) is 0 Å². The van der Waals surface area contributed by atoms with Crippen molar-refractivity contribution in [3.63, 3.8) is 0 Å². The molecule has 9 heteroatoms. The number of carbonyl (C=O) groups excluding carboxylic acids is 1. The number of thioether (sulfide) groups is 1. The van der Waals surface area contributed by atoms with Gasteiger partial charge in [-0.2, -0.15) is 5.10 Å². The van der Waals surface area contributed by atoms with Crippen molar-refractivity contribution < 1.29 is 9.18 Å². The van der Waals surface area contributed by atoms with Crippen LogP contribution in [0.15, 0.2) is 35.6 Å². The first kappa shape index (κ1) is 22.0. The first-order chi connectivity index (χ1) is 14.4. The second-order valence-electron chi connectivity index (χ2n) is 7.47. The van der Waals surface area contributed by atoms with Gasteiger partial charge in [-0.25, -0.2) is 9.07 Å². The molecule has 0 radical (unpaired) electrons. The molecular weight excluding hydrogens is 403 g/mol. The number of aryl methyl sites for hydroxylation is 1. The van der Waals surface area contributed by atoms with E-state index in [2.05, 4.69) is 39.0 Å². The van der Waals surface area contributed by atoms with Crippen LogP contribution >= 0.6 is 11.8 Å². The molecule has 0 saturated heterocycles. The molecule has 3 rings (SSSR count). The van der Waals surface area contributed by atoms with Crippen molar-refractivity contribution in [1.82, 2.24) is 29.9 Å². The molecule has 0 aliphatic heterocycles. The van der Waals surface area contributed by atoms with Crippen LogP contribution in [0.25, 0.3) is 5.69 Å². The highest BCUT2D eigenvalue weighted by Crippen LogP contribution is 2.18. The van der Waals surface area contributed by atoms with E-state index in [1.165, 1.54) is 16.9 Å². The minimum absolute atomic E-state index is 0.219. The first-order valence-electron chi connectivity index (χ1n) is 9.96. The van der Waals surface area contributed by atoms with Crippen molar-refractivity contribution in [3.05, 3.63) is 53.4 Å². The van der Waals surface area contributed by atoms with Crippen LogP contribution in [0.3, 0.4) is 0 Å². The van der Waals surface area contributed by atoms with Crippen LogP contribution in [-0.2, 0) is 13.0 Å². The lowest BCUT2D eigenvalue weighted by Gasteiger charge is -2.11. The predicted molar refractivity (Wildman–Crippen MR) is 116 cm³/mol. The predicted octanol–water partition coefficient (Wildman–Crippen LogP) is 3.65. The summed E-state index contributed by atoms with van der Waals surface area (Å²) in [5.41, 5.74) is 1.35. The Hall–Kier alpha value is -2.68. The highest BCUT2D eigenvalue weighted by atomic mass is 32.2. The van der Waals surface area contributed by atoms with Gasteiger partial charge < -0.3 is 9.88 Å². The van der Waals surface area contributed by atoms with E-state index in [9.17, 15) is 9.18 Å². The Kier molecular flexibility index (Phi) is 7.25. The molecule has 160 valence electrons. The molecular formula is C21H27FN6OS. The van der Waals surface area contributed by atoms with Crippen LogP contribution in [0.1, 0.15) is 42.1 Å². The summed E-state index contributed by atoms with van der Waals surface area (Å²) in [6.45, 7) is 7.47. The van der Waals surface area contributed by atoms with E-state index in [0.29, 0.717) is 29.4 Å². The highest BCUT2D eigenvalue weighted by molar-refractivity contribution is 7.98. The Bertz CT molecular complexity index is 1010. The molecule has 0 saturated carbocycles. The third kappa shape index (κ3) is 4.89. The average molecular weight is 431 g/mol. The first-order valence-corrected chi connectivity index (χ1v) is 11.2. The number of hydrogen-bond donors (Lipinski definition) is 1. The molecule has 1 aromatic carbocycles. The van der Waals surface area contributed by atoms with Gasteiger partial charge in [0.25, 0.3) is 5.91 Å². The van der Waals surface area contributed by atoms with E-state index in [0.717, 1.165) is 30.4 Å². The maximum absolute atomic E-state index is 14.0. The number of nitrogens with zero attached hydrogens (tertiary/aromatic N) is 5. The smallest absolute Gasteiger partial charge is 0.254 e. The van der Waals surface area contributed by atoms with E-state index >= 15 is 0 Å². The lowest BCUT2D eigenvalue weighted by atomic mass is 10.2. The fourth-order valence-corrected chi connectivity index (χ4v) is 3.77. The second-order valence-corrected chi connectivity index (χ2v) is 8.25. The summed E-state index contributed by atoms with van der Waals surface area (Å²) in [6.07, 6.45) is 4.95. The van der Waals surface area contributed by atoms with Crippen molar-refractivity contribution in [2.75, 3.05) is 12.8 Å².